The number of carbonyl (C=O) groups is 1. The van der Waals surface area contributed by atoms with Crippen molar-refractivity contribution in [2.75, 3.05) is 13.7 Å². The number of hydrogen-bond donors (Lipinski definition) is 1. The van der Waals surface area contributed by atoms with Crippen molar-refractivity contribution in [1.29, 1.82) is 0 Å². The number of hydrogen-bond acceptors (Lipinski definition) is 6. The fourth-order valence-corrected chi connectivity index (χ4v) is 4.56. The van der Waals surface area contributed by atoms with Crippen molar-refractivity contribution in [3.63, 3.8) is 0 Å². The van der Waals surface area contributed by atoms with Gasteiger partial charge in [0.1, 0.15) is 12.1 Å². The Labute approximate surface area is 214 Å². The summed E-state index contributed by atoms with van der Waals surface area (Å²) >= 11 is 0. The zero-order valence-corrected chi connectivity index (χ0v) is 22.6. The van der Waals surface area contributed by atoms with Crippen LogP contribution in [0.2, 0.25) is 0 Å². The summed E-state index contributed by atoms with van der Waals surface area (Å²) in [6.45, 7) is 8.93. The molecule has 2 atom stereocenters. The van der Waals surface area contributed by atoms with E-state index in [4.69, 9.17) is 14.5 Å². The molecule has 1 aromatic carbocycles. The fourth-order valence-electron chi connectivity index (χ4n) is 4.56. The number of methoxy groups -OCH3 is 1. The highest BCUT2D eigenvalue weighted by Gasteiger charge is 2.25. The Hall–Kier alpha value is -2.77. The predicted octanol–water partition coefficient (Wildman–Crippen LogP) is 4.76. The second-order valence-electron chi connectivity index (χ2n) is 9.99. The fraction of sp³-hybridized carbons (Fsp3) is 0.552. The molecule has 0 bridgehead atoms. The Balaban J connectivity index is 1.83. The number of benzene rings is 1. The zero-order chi connectivity index (χ0) is 26.2. The van der Waals surface area contributed by atoms with Gasteiger partial charge in [-0.05, 0) is 75.1 Å². The number of nitrogens with zero attached hydrogens (tertiary/aromatic N) is 2. The van der Waals surface area contributed by atoms with Crippen LogP contribution in [0, 0.1) is 19.8 Å². The van der Waals surface area contributed by atoms with E-state index >= 15 is 0 Å². The first-order valence-corrected chi connectivity index (χ1v) is 13.0. The van der Waals surface area contributed by atoms with E-state index in [0.29, 0.717) is 12.1 Å². The van der Waals surface area contributed by atoms with Gasteiger partial charge in [0.05, 0.1) is 18.0 Å². The lowest BCUT2D eigenvalue weighted by Gasteiger charge is -2.20. The third-order valence-electron chi connectivity index (χ3n) is 7.01. The molecule has 0 spiro atoms. The molecule has 1 heterocycles. The maximum Gasteiger partial charge on any atom is 0.325 e. The van der Waals surface area contributed by atoms with E-state index in [-0.39, 0.29) is 30.2 Å². The first-order chi connectivity index (χ1) is 17.2. The number of ether oxygens (including phenoxy) is 2. The molecule has 0 aliphatic heterocycles. The number of pyridine rings is 1. The molecular weight excluding hydrogens is 454 g/mol. The van der Waals surface area contributed by atoms with Crippen molar-refractivity contribution in [3.05, 3.63) is 63.1 Å². The van der Waals surface area contributed by atoms with Gasteiger partial charge in [-0.1, -0.05) is 26.0 Å². The Kier molecular flexibility index (Phi) is 10.0. The third-order valence-corrected chi connectivity index (χ3v) is 7.01. The standard InChI is InChI=1S/C29H41N3O4/c1-7-19(2)27(23-14-21(4)28(33)32(5)17-23)31-25-15-22(13-12-20(25)3)16-30-26(18-35-6)29(34)36-24-10-8-9-11-24/h12-15,17,19,24,26,30H,7-11,16,18H2,1-6H3/b31-27+. The molecular formula is C29H41N3O4. The number of rotatable bonds is 11. The van der Waals surface area contributed by atoms with Crippen LogP contribution in [0.25, 0.3) is 0 Å². The van der Waals surface area contributed by atoms with E-state index in [1.807, 2.05) is 32.2 Å². The predicted molar refractivity (Wildman–Crippen MR) is 144 cm³/mol. The van der Waals surface area contributed by atoms with Crippen molar-refractivity contribution < 1.29 is 14.3 Å². The first-order valence-electron chi connectivity index (χ1n) is 13.0. The van der Waals surface area contributed by atoms with Gasteiger partial charge < -0.3 is 14.0 Å². The molecule has 1 aliphatic carbocycles. The van der Waals surface area contributed by atoms with Crippen LogP contribution >= 0.6 is 0 Å². The average Bonchev–Trinajstić information content (AvgIpc) is 3.37. The van der Waals surface area contributed by atoms with Gasteiger partial charge in [-0.25, -0.2) is 0 Å². The van der Waals surface area contributed by atoms with E-state index < -0.39 is 6.04 Å². The number of esters is 1. The summed E-state index contributed by atoms with van der Waals surface area (Å²) in [5, 5.41) is 3.31. The monoisotopic (exact) mass is 495 g/mol. The summed E-state index contributed by atoms with van der Waals surface area (Å²) in [5.41, 5.74) is 5.60. The molecule has 7 heteroatoms. The van der Waals surface area contributed by atoms with Crippen LogP contribution in [0.4, 0.5) is 5.69 Å². The van der Waals surface area contributed by atoms with Gasteiger partial charge in [0, 0.05) is 38.0 Å². The number of carbonyl (C=O) groups excluding carboxylic acids is 1. The van der Waals surface area contributed by atoms with Crippen LogP contribution < -0.4 is 10.9 Å². The van der Waals surface area contributed by atoms with Gasteiger partial charge in [-0.15, -0.1) is 0 Å². The lowest BCUT2D eigenvalue weighted by Crippen LogP contribution is -2.42. The normalized spacial score (nSPS) is 16.2. The number of aromatic nitrogens is 1. The zero-order valence-electron chi connectivity index (χ0n) is 22.6. The maximum absolute atomic E-state index is 12.7. The van der Waals surface area contributed by atoms with Gasteiger partial charge in [0.15, 0.2) is 0 Å². The van der Waals surface area contributed by atoms with E-state index in [9.17, 15) is 9.59 Å². The SMILES string of the molecule is CCC(C)/C(=N\c1cc(CNC(COC)C(=O)OC2CCCC2)ccc1C)c1cc(C)c(=O)n(C)c1. The quantitative estimate of drug-likeness (QED) is 0.359. The molecule has 0 radical (unpaired) electrons. The molecule has 3 rings (SSSR count). The van der Waals surface area contributed by atoms with Crippen molar-refractivity contribution in [2.45, 2.75) is 78.5 Å². The lowest BCUT2D eigenvalue weighted by molar-refractivity contribution is -0.152. The molecule has 0 amide bonds. The summed E-state index contributed by atoms with van der Waals surface area (Å²) < 4.78 is 12.6. The summed E-state index contributed by atoms with van der Waals surface area (Å²) in [5.74, 6) is -0.0299. The van der Waals surface area contributed by atoms with E-state index in [1.165, 1.54) is 0 Å². The average molecular weight is 496 g/mol. The molecule has 1 aliphatic rings. The second kappa shape index (κ2) is 13.0. The lowest BCUT2D eigenvalue weighted by atomic mass is 9.96. The van der Waals surface area contributed by atoms with Gasteiger partial charge >= 0.3 is 5.97 Å². The van der Waals surface area contributed by atoms with Crippen LogP contribution in [0.1, 0.15) is 68.2 Å². The molecule has 1 fully saturated rings. The molecule has 36 heavy (non-hydrogen) atoms. The summed E-state index contributed by atoms with van der Waals surface area (Å²) in [6, 6.07) is 7.57. The topological polar surface area (TPSA) is 81.9 Å². The Bertz CT molecular complexity index is 1110. The molecule has 2 aromatic rings. The van der Waals surface area contributed by atoms with Crippen molar-refractivity contribution in [3.8, 4) is 0 Å². The largest absolute Gasteiger partial charge is 0.461 e. The van der Waals surface area contributed by atoms with Crippen molar-refractivity contribution in [2.24, 2.45) is 18.0 Å². The Morgan fingerprint density at radius 3 is 2.56 bits per heavy atom. The van der Waals surface area contributed by atoms with Crippen LogP contribution in [0.5, 0.6) is 0 Å². The molecule has 196 valence electrons. The molecule has 7 nitrogen and oxygen atoms in total. The van der Waals surface area contributed by atoms with Crippen LogP contribution in [-0.2, 0) is 27.9 Å². The molecule has 0 saturated heterocycles. The summed E-state index contributed by atoms with van der Waals surface area (Å²) in [7, 11) is 3.37. The highest BCUT2D eigenvalue weighted by Crippen LogP contribution is 2.25. The van der Waals surface area contributed by atoms with Crippen LogP contribution in [-0.4, -0.2) is 42.1 Å². The van der Waals surface area contributed by atoms with Gasteiger partial charge in [0.2, 0.25) is 0 Å². The van der Waals surface area contributed by atoms with Crippen molar-refractivity contribution in [1.82, 2.24) is 9.88 Å². The van der Waals surface area contributed by atoms with E-state index in [2.05, 4.69) is 31.3 Å². The summed E-state index contributed by atoms with van der Waals surface area (Å²) in [4.78, 5) is 30.0. The number of nitrogens with one attached hydrogen (secondary N) is 1. The highest BCUT2D eigenvalue weighted by molar-refractivity contribution is 6.03. The Morgan fingerprint density at radius 1 is 1.19 bits per heavy atom. The maximum atomic E-state index is 12.7. The number of aryl methyl sites for hydroxylation is 3. The minimum absolute atomic E-state index is 0.00331. The van der Waals surface area contributed by atoms with E-state index in [0.717, 1.165) is 60.2 Å². The minimum atomic E-state index is -0.520. The molecule has 1 aromatic heterocycles. The molecule has 1 N–H and O–H groups in total. The van der Waals surface area contributed by atoms with Gasteiger partial charge in [-0.2, -0.15) is 0 Å². The first kappa shape index (κ1) is 27.8. The third kappa shape index (κ3) is 7.14. The minimum Gasteiger partial charge on any atom is -0.461 e. The molecule has 1 saturated carbocycles. The van der Waals surface area contributed by atoms with Gasteiger partial charge in [0.25, 0.3) is 5.56 Å². The second-order valence-corrected chi connectivity index (χ2v) is 9.99. The van der Waals surface area contributed by atoms with Crippen LogP contribution in [0.15, 0.2) is 40.2 Å². The van der Waals surface area contributed by atoms with Gasteiger partial charge in [-0.3, -0.25) is 19.9 Å². The van der Waals surface area contributed by atoms with Crippen LogP contribution in [0.3, 0.4) is 0 Å². The van der Waals surface area contributed by atoms with Crippen molar-refractivity contribution >= 4 is 17.4 Å². The summed E-state index contributed by atoms with van der Waals surface area (Å²) in [6.07, 6.45) is 6.94. The highest BCUT2D eigenvalue weighted by atomic mass is 16.5. The smallest absolute Gasteiger partial charge is 0.325 e. The molecule has 2 unspecified atom stereocenters. The van der Waals surface area contributed by atoms with E-state index in [1.54, 1.807) is 18.7 Å². The Morgan fingerprint density at radius 2 is 1.92 bits per heavy atom. The number of aliphatic imine (C=N–C) groups is 1.